The number of ether oxygens (including phenoxy) is 3. The quantitative estimate of drug-likeness (QED) is 0.426. The fraction of sp³-hybridized carbons (Fsp3) is 0.571. The average molecular weight is 440 g/mol. The van der Waals surface area contributed by atoms with E-state index in [0.29, 0.717) is 13.2 Å². The van der Waals surface area contributed by atoms with E-state index < -0.39 is 5.60 Å². The Morgan fingerprint density at radius 2 is 1.72 bits per heavy atom. The van der Waals surface area contributed by atoms with Crippen LogP contribution in [0.1, 0.15) is 84.1 Å². The predicted molar refractivity (Wildman–Crippen MR) is 133 cm³/mol. The van der Waals surface area contributed by atoms with Crippen molar-refractivity contribution in [3.05, 3.63) is 59.2 Å². The first-order valence-corrected chi connectivity index (χ1v) is 12.0. The summed E-state index contributed by atoms with van der Waals surface area (Å²) in [5.74, 6) is 0.882. The van der Waals surface area contributed by atoms with Gasteiger partial charge in [0.2, 0.25) is 0 Å². The third kappa shape index (κ3) is 5.85. The maximum atomic E-state index is 6.54. The van der Waals surface area contributed by atoms with E-state index in [2.05, 4.69) is 90.2 Å². The Morgan fingerprint density at radius 3 is 2.34 bits per heavy atom. The number of nitrogens with one attached hydrogen (secondary N) is 1. The topological polar surface area (TPSA) is 39.7 Å². The highest BCUT2D eigenvalue weighted by Crippen LogP contribution is 2.44. The fourth-order valence-electron chi connectivity index (χ4n) is 4.15. The summed E-state index contributed by atoms with van der Waals surface area (Å²) in [5, 5.41) is 3.40. The highest BCUT2D eigenvalue weighted by molar-refractivity contribution is 5.53. The van der Waals surface area contributed by atoms with Crippen LogP contribution in [0.15, 0.2) is 42.5 Å². The molecule has 0 saturated carbocycles. The second-order valence-corrected chi connectivity index (χ2v) is 10.3. The van der Waals surface area contributed by atoms with Crippen molar-refractivity contribution >= 4 is 5.69 Å². The van der Waals surface area contributed by atoms with Gasteiger partial charge in [0.1, 0.15) is 23.6 Å². The van der Waals surface area contributed by atoms with Crippen molar-refractivity contribution in [3.8, 4) is 5.75 Å². The van der Waals surface area contributed by atoms with Crippen LogP contribution in [0.3, 0.4) is 0 Å². The van der Waals surface area contributed by atoms with Crippen LogP contribution in [0.4, 0.5) is 5.69 Å². The van der Waals surface area contributed by atoms with E-state index in [1.165, 1.54) is 5.56 Å². The van der Waals surface area contributed by atoms with Gasteiger partial charge in [-0.1, -0.05) is 58.4 Å². The van der Waals surface area contributed by atoms with Crippen LogP contribution < -0.4 is 10.1 Å². The Balaban J connectivity index is 1.84. The first-order chi connectivity index (χ1) is 15.2. The lowest BCUT2D eigenvalue weighted by Gasteiger charge is -2.44. The molecule has 0 radical (unpaired) electrons. The Bertz CT molecular complexity index is 867. The molecule has 0 aromatic heterocycles. The van der Waals surface area contributed by atoms with Gasteiger partial charge >= 0.3 is 0 Å². The molecule has 1 heterocycles. The molecule has 0 spiro atoms. The molecule has 3 rings (SSSR count). The first kappa shape index (κ1) is 24.6. The van der Waals surface area contributed by atoms with Gasteiger partial charge in [0.15, 0.2) is 0 Å². The van der Waals surface area contributed by atoms with Gasteiger partial charge in [0.25, 0.3) is 0 Å². The van der Waals surface area contributed by atoms with E-state index in [1.54, 1.807) is 0 Å². The number of hydrogen-bond acceptors (Lipinski definition) is 4. The highest BCUT2D eigenvalue weighted by Gasteiger charge is 2.45. The standard InChI is InChI=1S/C28H41NO3/c1-8-10-17-30-25-23-18-22(29-9-2)15-16-24(23)32-28(6,7)26(25)31-19-20-11-13-21(14-12-20)27(3,4)5/h11-16,18,25-26,29H,8-10,17,19H2,1-7H3. The monoisotopic (exact) mass is 439 g/mol. The summed E-state index contributed by atoms with van der Waals surface area (Å²) in [4.78, 5) is 0. The van der Waals surface area contributed by atoms with Gasteiger partial charge in [0.05, 0.1) is 6.61 Å². The molecule has 4 heteroatoms. The van der Waals surface area contributed by atoms with E-state index >= 15 is 0 Å². The van der Waals surface area contributed by atoms with E-state index in [-0.39, 0.29) is 17.6 Å². The van der Waals surface area contributed by atoms with Crippen molar-refractivity contribution in [3.63, 3.8) is 0 Å². The number of unbranched alkanes of at least 4 members (excludes halogenated alkanes) is 1. The van der Waals surface area contributed by atoms with Crippen LogP contribution in [0, 0.1) is 0 Å². The van der Waals surface area contributed by atoms with Crippen molar-refractivity contribution < 1.29 is 14.2 Å². The second kappa shape index (κ2) is 10.3. The van der Waals surface area contributed by atoms with Gasteiger partial charge in [0, 0.05) is 24.4 Å². The van der Waals surface area contributed by atoms with Crippen LogP contribution in [0.25, 0.3) is 0 Å². The minimum atomic E-state index is -0.505. The van der Waals surface area contributed by atoms with Gasteiger partial charge < -0.3 is 19.5 Å². The SMILES string of the molecule is CCCCOC1c2cc(NCC)ccc2OC(C)(C)C1OCc1ccc(C(C)(C)C)cc1. The summed E-state index contributed by atoms with van der Waals surface area (Å²) in [7, 11) is 0. The molecule has 1 aliphatic rings. The Labute approximate surface area is 194 Å². The smallest absolute Gasteiger partial charge is 0.132 e. The molecular weight excluding hydrogens is 398 g/mol. The third-order valence-corrected chi connectivity index (χ3v) is 6.08. The normalized spacial score (nSPS) is 19.8. The Kier molecular flexibility index (Phi) is 7.89. The maximum Gasteiger partial charge on any atom is 0.132 e. The Morgan fingerprint density at radius 1 is 1.00 bits per heavy atom. The zero-order chi connectivity index (χ0) is 23.4. The Hall–Kier alpha value is -2.04. The zero-order valence-corrected chi connectivity index (χ0v) is 21.0. The number of benzene rings is 2. The molecule has 2 aromatic carbocycles. The van der Waals surface area contributed by atoms with Crippen molar-refractivity contribution in [2.75, 3.05) is 18.5 Å². The van der Waals surface area contributed by atoms with Crippen LogP contribution in [0.2, 0.25) is 0 Å². The van der Waals surface area contributed by atoms with E-state index in [1.807, 2.05) is 6.07 Å². The molecule has 1 aliphatic heterocycles. The van der Waals surface area contributed by atoms with Gasteiger partial charge in [-0.25, -0.2) is 0 Å². The minimum absolute atomic E-state index is 0.144. The largest absolute Gasteiger partial charge is 0.485 e. The fourth-order valence-corrected chi connectivity index (χ4v) is 4.15. The molecule has 2 aromatic rings. The number of fused-ring (bicyclic) bond motifs is 1. The summed E-state index contributed by atoms with van der Waals surface area (Å²) in [5.41, 5.74) is 4.27. The van der Waals surface area contributed by atoms with Gasteiger partial charge in [-0.05, 0) is 61.9 Å². The molecule has 0 amide bonds. The second-order valence-electron chi connectivity index (χ2n) is 10.3. The molecule has 0 saturated heterocycles. The molecule has 2 unspecified atom stereocenters. The number of rotatable bonds is 9. The van der Waals surface area contributed by atoms with E-state index in [4.69, 9.17) is 14.2 Å². The number of anilines is 1. The zero-order valence-electron chi connectivity index (χ0n) is 21.0. The molecule has 0 aliphatic carbocycles. The van der Waals surface area contributed by atoms with Gasteiger partial charge in [-0.3, -0.25) is 0 Å². The highest BCUT2D eigenvalue weighted by atomic mass is 16.6. The summed E-state index contributed by atoms with van der Waals surface area (Å²) < 4.78 is 19.4. The molecule has 1 N–H and O–H groups in total. The summed E-state index contributed by atoms with van der Waals surface area (Å²) in [6.07, 6.45) is 1.74. The molecule has 0 fully saturated rings. The van der Waals surface area contributed by atoms with Crippen molar-refractivity contribution in [1.82, 2.24) is 0 Å². The lowest BCUT2D eigenvalue weighted by atomic mass is 9.86. The summed E-state index contributed by atoms with van der Waals surface area (Å²) in [6.45, 7) is 17.3. The average Bonchev–Trinajstić information content (AvgIpc) is 2.73. The van der Waals surface area contributed by atoms with E-state index in [0.717, 1.165) is 42.0 Å². The van der Waals surface area contributed by atoms with Crippen LogP contribution in [-0.4, -0.2) is 24.9 Å². The molecule has 176 valence electrons. The van der Waals surface area contributed by atoms with Crippen molar-refractivity contribution in [2.45, 2.75) is 91.1 Å². The molecular formula is C28H41NO3. The summed E-state index contributed by atoms with van der Waals surface area (Å²) >= 11 is 0. The van der Waals surface area contributed by atoms with Gasteiger partial charge in [-0.15, -0.1) is 0 Å². The maximum absolute atomic E-state index is 6.54. The first-order valence-electron chi connectivity index (χ1n) is 12.0. The lowest BCUT2D eigenvalue weighted by molar-refractivity contribution is -0.167. The summed E-state index contributed by atoms with van der Waals surface area (Å²) in [6, 6.07) is 15.0. The lowest BCUT2D eigenvalue weighted by Crippen LogP contribution is -2.51. The minimum Gasteiger partial charge on any atom is -0.485 e. The predicted octanol–water partition coefficient (Wildman–Crippen LogP) is 7.03. The van der Waals surface area contributed by atoms with Crippen LogP contribution in [-0.2, 0) is 21.5 Å². The molecule has 4 nitrogen and oxygen atoms in total. The van der Waals surface area contributed by atoms with Gasteiger partial charge in [-0.2, -0.15) is 0 Å². The molecule has 32 heavy (non-hydrogen) atoms. The molecule has 0 bridgehead atoms. The van der Waals surface area contributed by atoms with Crippen LogP contribution in [0.5, 0.6) is 5.75 Å². The number of hydrogen-bond donors (Lipinski definition) is 1. The third-order valence-electron chi connectivity index (χ3n) is 6.08. The van der Waals surface area contributed by atoms with Crippen LogP contribution >= 0.6 is 0 Å². The molecule has 2 atom stereocenters. The van der Waals surface area contributed by atoms with Crippen molar-refractivity contribution in [2.24, 2.45) is 0 Å². The van der Waals surface area contributed by atoms with E-state index in [9.17, 15) is 0 Å². The van der Waals surface area contributed by atoms with Crippen molar-refractivity contribution in [1.29, 1.82) is 0 Å².